The number of esters is 1. The lowest BCUT2D eigenvalue weighted by Crippen LogP contribution is -2.52. The van der Waals surface area contributed by atoms with E-state index in [1.54, 1.807) is 36.4 Å². The molecule has 31 heavy (non-hydrogen) atoms. The van der Waals surface area contributed by atoms with Crippen molar-refractivity contribution in [2.45, 2.75) is 25.4 Å². The van der Waals surface area contributed by atoms with E-state index in [4.69, 9.17) is 0 Å². The maximum Gasteiger partial charge on any atom is 0.337 e. The smallest absolute Gasteiger partial charge is 0.337 e. The van der Waals surface area contributed by atoms with Crippen molar-refractivity contribution < 1.29 is 28.7 Å². The zero-order valence-corrected chi connectivity index (χ0v) is 16.6. The van der Waals surface area contributed by atoms with Crippen LogP contribution in [0, 0.1) is 0 Å². The van der Waals surface area contributed by atoms with Gasteiger partial charge in [-0.3, -0.25) is 24.5 Å². The fourth-order valence-corrected chi connectivity index (χ4v) is 3.80. The van der Waals surface area contributed by atoms with Crippen molar-refractivity contribution in [1.29, 1.82) is 0 Å². The largest absolute Gasteiger partial charge is 0.465 e. The molecular weight excluding hydrogens is 402 g/mol. The second-order valence-electron chi connectivity index (χ2n) is 7.26. The van der Waals surface area contributed by atoms with E-state index in [1.807, 2.05) is 0 Å². The normalized spacial score (nSPS) is 17.8. The van der Waals surface area contributed by atoms with E-state index in [-0.39, 0.29) is 42.3 Å². The summed E-state index contributed by atoms with van der Waals surface area (Å²) in [7, 11) is 1.26. The Morgan fingerprint density at radius 1 is 1.10 bits per heavy atom. The molecule has 4 amide bonds. The Bertz CT molecular complexity index is 1130. The van der Waals surface area contributed by atoms with Gasteiger partial charge >= 0.3 is 5.97 Å². The van der Waals surface area contributed by atoms with Crippen LogP contribution in [-0.2, 0) is 20.9 Å². The summed E-state index contributed by atoms with van der Waals surface area (Å²) >= 11 is 0. The van der Waals surface area contributed by atoms with E-state index >= 15 is 0 Å². The van der Waals surface area contributed by atoms with Crippen molar-refractivity contribution in [3.63, 3.8) is 0 Å². The molecule has 2 N–H and O–H groups in total. The van der Waals surface area contributed by atoms with Crippen LogP contribution in [-0.4, -0.2) is 47.6 Å². The molecule has 158 valence electrons. The molecule has 4 rings (SSSR count). The first-order chi connectivity index (χ1) is 14.9. The van der Waals surface area contributed by atoms with Gasteiger partial charge in [0.2, 0.25) is 11.8 Å². The molecule has 0 bridgehead atoms. The highest BCUT2D eigenvalue weighted by molar-refractivity contribution is 6.09. The number of nitrogens with zero attached hydrogens (tertiary/aromatic N) is 1. The summed E-state index contributed by atoms with van der Waals surface area (Å²) in [4.78, 5) is 62.4. The van der Waals surface area contributed by atoms with Crippen molar-refractivity contribution in [1.82, 2.24) is 10.2 Å². The van der Waals surface area contributed by atoms with Gasteiger partial charge < -0.3 is 15.0 Å². The Balaban J connectivity index is 1.57. The second kappa shape index (κ2) is 8.02. The number of rotatable bonds is 4. The number of imide groups is 1. The molecule has 9 heteroatoms. The lowest BCUT2D eigenvalue weighted by Gasteiger charge is -2.29. The second-order valence-corrected chi connectivity index (χ2v) is 7.26. The quantitative estimate of drug-likeness (QED) is 0.570. The Kier molecular flexibility index (Phi) is 5.24. The van der Waals surface area contributed by atoms with Crippen LogP contribution in [0.15, 0.2) is 42.5 Å². The van der Waals surface area contributed by atoms with Gasteiger partial charge in [0.15, 0.2) is 0 Å². The number of anilines is 1. The maximum absolute atomic E-state index is 12.9. The number of ether oxygens (including phenoxy) is 1. The number of carbonyl (C=O) groups is 5. The summed E-state index contributed by atoms with van der Waals surface area (Å²) in [5.41, 5.74) is 1.93. The van der Waals surface area contributed by atoms with Crippen LogP contribution in [0.5, 0.6) is 0 Å². The Labute approximate surface area is 177 Å². The van der Waals surface area contributed by atoms with Gasteiger partial charge in [-0.15, -0.1) is 0 Å². The number of piperidine rings is 1. The Morgan fingerprint density at radius 2 is 1.84 bits per heavy atom. The third kappa shape index (κ3) is 3.77. The molecule has 0 aliphatic carbocycles. The van der Waals surface area contributed by atoms with Crippen LogP contribution in [0.2, 0.25) is 0 Å². The highest BCUT2D eigenvalue weighted by Crippen LogP contribution is 2.32. The number of amides is 4. The van der Waals surface area contributed by atoms with Crippen molar-refractivity contribution in [2.24, 2.45) is 0 Å². The van der Waals surface area contributed by atoms with E-state index in [9.17, 15) is 24.0 Å². The number of nitrogens with one attached hydrogen (secondary N) is 2. The minimum atomic E-state index is -0.738. The molecule has 1 fully saturated rings. The molecule has 2 heterocycles. The van der Waals surface area contributed by atoms with Gasteiger partial charge in [0, 0.05) is 35.3 Å². The average Bonchev–Trinajstić information content (AvgIpc) is 3.10. The fourth-order valence-electron chi connectivity index (χ4n) is 3.80. The lowest BCUT2D eigenvalue weighted by molar-refractivity contribution is -0.136. The van der Waals surface area contributed by atoms with E-state index in [2.05, 4.69) is 15.4 Å². The third-order valence-corrected chi connectivity index (χ3v) is 5.38. The predicted octanol–water partition coefficient (Wildman–Crippen LogP) is 1.49. The van der Waals surface area contributed by atoms with Gasteiger partial charge in [-0.25, -0.2) is 4.79 Å². The standard InChI is InChI=1S/C22H19N3O6/c1-31-22(30)13-5-2-4-12(10-13)19(27)23-16-7-3-6-14-15(16)11-25(21(14)29)17-8-9-18(26)24-20(17)28/h2-7,10,17H,8-9,11H2,1H3,(H,23,27)(H,24,26,28). The Hall–Kier alpha value is -4.01. The summed E-state index contributed by atoms with van der Waals surface area (Å²) in [6.07, 6.45) is 0.420. The zero-order valence-electron chi connectivity index (χ0n) is 16.6. The third-order valence-electron chi connectivity index (χ3n) is 5.38. The van der Waals surface area contributed by atoms with Crippen LogP contribution in [0.25, 0.3) is 0 Å². The number of benzene rings is 2. The number of fused-ring (bicyclic) bond motifs is 1. The Morgan fingerprint density at radius 3 is 2.58 bits per heavy atom. The highest BCUT2D eigenvalue weighted by Gasteiger charge is 2.39. The molecule has 1 saturated heterocycles. The van der Waals surface area contributed by atoms with Gasteiger partial charge in [-0.05, 0) is 36.8 Å². The molecule has 2 aliphatic rings. The zero-order chi connectivity index (χ0) is 22.1. The number of carbonyl (C=O) groups excluding carboxylic acids is 5. The van der Waals surface area contributed by atoms with Crippen LogP contribution >= 0.6 is 0 Å². The molecule has 9 nitrogen and oxygen atoms in total. The van der Waals surface area contributed by atoms with Crippen LogP contribution < -0.4 is 10.6 Å². The lowest BCUT2D eigenvalue weighted by atomic mass is 10.0. The predicted molar refractivity (Wildman–Crippen MR) is 108 cm³/mol. The van der Waals surface area contributed by atoms with Gasteiger partial charge in [-0.2, -0.15) is 0 Å². The fraction of sp³-hybridized carbons (Fsp3) is 0.227. The molecule has 0 spiro atoms. The highest BCUT2D eigenvalue weighted by atomic mass is 16.5. The summed E-state index contributed by atoms with van der Waals surface area (Å²) in [5, 5.41) is 5.04. The molecule has 1 atom stereocenters. The topological polar surface area (TPSA) is 122 Å². The maximum atomic E-state index is 12.9. The van der Waals surface area contributed by atoms with Gasteiger partial charge in [0.05, 0.1) is 12.7 Å². The van der Waals surface area contributed by atoms with Crippen molar-refractivity contribution >= 4 is 35.3 Å². The first kappa shape index (κ1) is 20.3. The molecular formula is C22H19N3O6. The van der Waals surface area contributed by atoms with E-state index in [0.29, 0.717) is 16.8 Å². The van der Waals surface area contributed by atoms with E-state index in [1.165, 1.54) is 18.1 Å². The summed E-state index contributed by atoms with van der Waals surface area (Å²) in [6.45, 7) is 0.138. The molecule has 0 saturated carbocycles. The molecule has 2 aromatic rings. The molecule has 1 unspecified atom stereocenters. The summed E-state index contributed by atoms with van der Waals surface area (Å²) in [5.74, 6) is -2.18. The van der Waals surface area contributed by atoms with Crippen LogP contribution in [0.4, 0.5) is 5.69 Å². The first-order valence-electron chi connectivity index (χ1n) is 9.65. The minimum absolute atomic E-state index is 0.138. The summed E-state index contributed by atoms with van der Waals surface area (Å²) < 4.78 is 4.68. The van der Waals surface area contributed by atoms with Crippen molar-refractivity contribution in [3.05, 3.63) is 64.7 Å². The molecule has 2 aromatic carbocycles. The SMILES string of the molecule is COC(=O)c1cccc(C(=O)Nc2cccc3c2CN(C2CCC(=O)NC2=O)C3=O)c1. The molecule has 2 aliphatic heterocycles. The van der Waals surface area contributed by atoms with Gasteiger partial charge in [0.1, 0.15) is 6.04 Å². The monoisotopic (exact) mass is 421 g/mol. The number of methoxy groups -OCH3 is 1. The average molecular weight is 421 g/mol. The van der Waals surface area contributed by atoms with Crippen molar-refractivity contribution in [3.8, 4) is 0 Å². The van der Waals surface area contributed by atoms with Gasteiger partial charge in [0.25, 0.3) is 11.8 Å². The molecule has 0 aromatic heterocycles. The molecule has 0 radical (unpaired) electrons. The van der Waals surface area contributed by atoms with Gasteiger partial charge in [-0.1, -0.05) is 12.1 Å². The summed E-state index contributed by atoms with van der Waals surface area (Å²) in [6, 6.07) is 10.3. The first-order valence-corrected chi connectivity index (χ1v) is 9.65. The van der Waals surface area contributed by atoms with E-state index in [0.717, 1.165) is 0 Å². The van der Waals surface area contributed by atoms with Crippen LogP contribution in [0.1, 0.15) is 49.5 Å². The van der Waals surface area contributed by atoms with Crippen molar-refractivity contribution in [2.75, 3.05) is 12.4 Å². The minimum Gasteiger partial charge on any atom is -0.465 e. The van der Waals surface area contributed by atoms with E-state index < -0.39 is 23.8 Å². The van der Waals surface area contributed by atoms with Crippen LogP contribution in [0.3, 0.4) is 0 Å². The number of hydrogen-bond donors (Lipinski definition) is 2. The number of hydrogen-bond acceptors (Lipinski definition) is 6.